The number of fused-ring (bicyclic) bond motifs is 1. The van der Waals surface area contributed by atoms with Crippen molar-refractivity contribution in [2.75, 3.05) is 18.9 Å². The molecular weight excluding hydrogens is 194 g/mol. The third-order valence-electron chi connectivity index (χ3n) is 3.12. The van der Waals surface area contributed by atoms with Gasteiger partial charge in [0.25, 0.3) is 0 Å². The molecule has 15 heavy (non-hydrogen) atoms. The van der Waals surface area contributed by atoms with Crippen LogP contribution in [0, 0.1) is 5.92 Å². The van der Waals surface area contributed by atoms with Crippen LogP contribution >= 0.6 is 0 Å². The third-order valence-corrected chi connectivity index (χ3v) is 3.12. The fraction of sp³-hybridized carbons (Fsp3) is 0.700. The second kappa shape index (κ2) is 3.50. The van der Waals surface area contributed by atoms with E-state index in [0.717, 1.165) is 26.2 Å². The molecule has 3 rings (SSSR count). The Balaban J connectivity index is 1.61. The molecule has 2 saturated heterocycles. The molecule has 1 aromatic rings. The van der Waals surface area contributed by atoms with Gasteiger partial charge in [-0.25, -0.2) is 0 Å². The Kier molecular flexibility index (Phi) is 2.14. The molecule has 5 nitrogen and oxygen atoms in total. The lowest BCUT2D eigenvalue weighted by Gasteiger charge is -2.11. The van der Waals surface area contributed by atoms with E-state index in [9.17, 15) is 0 Å². The number of ether oxygens (including phenoxy) is 2. The lowest BCUT2D eigenvalue weighted by Crippen LogP contribution is -2.19. The van der Waals surface area contributed by atoms with Gasteiger partial charge in [0, 0.05) is 12.1 Å². The summed E-state index contributed by atoms with van der Waals surface area (Å²) in [5.74, 6) is 0.586. The summed E-state index contributed by atoms with van der Waals surface area (Å²) in [5, 5.41) is 4.15. The van der Waals surface area contributed by atoms with Crippen LogP contribution in [0.5, 0.6) is 0 Å². The molecule has 0 saturated carbocycles. The van der Waals surface area contributed by atoms with Crippen LogP contribution in [0.25, 0.3) is 0 Å². The highest BCUT2D eigenvalue weighted by Gasteiger charge is 2.39. The first kappa shape index (κ1) is 9.18. The van der Waals surface area contributed by atoms with Gasteiger partial charge < -0.3 is 15.2 Å². The van der Waals surface area contributed by atoms with Gasteiger partial charge in [0.2, 0.25) is 0 Å². The van der Waals surface area contributed by atoms with Crippen molar-refractivity contribution in [3.05, 3.63) is 12.4 Å². The van der Waals surface area contributed by atoms with Gasteiger partial charge in [0.05, 0.1) is 43.9 Å². The number of anilines is 1. The zero-order valence-electron chi connectivity index (χ0n) is 8.50. The van der Waals surface area contributed by atoms with Gasteiger partial charge >= 0.3 is 0 Å². The predicted molar refractivity (Wildman–Crippen MR) is 54.2 cm³/mol. The molecule has 2 fully saturated rings. The van der Waals surface area contributed by atoms with Gasteiger partial charge in [0.1, 0.15) is 0 Å². The van der Waals surface area contributed by atoms with Crippen molar-refractivity contribution >= 4 is 5.69 Å². The first-order valence-electron chi connectivity index (χ1n) is 5.32. The third kappa shape index (κ3) is 1.72. The van der Waals surface area contributed by atoms with Crippen molar-refractivity contribution in [3.8, 4) is 0 Å². The normalized spacial score (nSPS) is 34.5. The van der Waals surface area contributed by atoms with Gasteiger partial charge in [-0.2, -0.15) is 5.10 Å². The van der Waals surface area contributed by atoms with Crippen LogP contribution in [0.1, 0.15) is 6.42 Å². The standard InChI is InChI=1S/C10H15N3O2/c11-8-2-12-13(3-8)4-9-1-7-5-14-6-10(7)15-9/h2-3,7,9-10H,1,4-6,11H2. The molecule has 3 atom stereocenters. The predicted octanol–water partition coefficient (Wildman–Crippen LogP) is 0.269. The largest absolute Gasteiger partial charge is 0.396 e. The molecule has 3 heterocycles. The maximum atomic E-state index is 5.87. The minimum atomic E-state index is 0.267. The van der Waals surface area contributed by atoms with Crippen LogP contribution in [0.15, 0.2) is 12.4 Å². The Hall–Kier alpha value is -1.07. The number of nitrogens with two attached hydrogens (primary N) is 1. The lowest BCUT2D eigenvalue weighted by atomic mass is 10.0. The summed E-state index contributed by atoms with van der Waals surface area (Å²) in [6.07, 6.45) is 5.16. The molecule has 0 aliphatic carbocycles. The topological polar surface area (TPSA) is 62.3 Å². The molecule has 0 spiro atoms. The summed E-state index contributed by atoms with van der Waals surface area (Å²) >= 11 is 0. The van der Waals surface area contributed by atoms with Crippen molar-refractivity contribution in [2.24, 2.45) is 5.92 Å². The second-order valence-corrected chi connectivity index (χ2v) is 4.33. The fourth-order valence-electron chi connectivity index (χ4n) is 2.40. The van der Waals surface area contributed by atoms with Crippen molar-refractivity contribution < 1.29 is 9.47 Å². The summed E-state index contributed by atoms with van der Waals surface area (Å²) in [7, 11) is 0. The van der Waals surface area contributed by atoms with Crippen LogP contribution in [0.4, 0.5) is 5.69 Å². The van der Waals surface area contributed by atoms with Crippen molar-refractivity contribution in [2.45, 2.75) is 25.2 Å². The molecular formula is C10H15N3O2. The zero-order chi connectivity index (χ0) is 10.3. The summed E-state index contributed by atoms with van der Waals surface area (Å²) in [4.78, 5) is 0. The van der Waals surface area contributed by atoms with Crippen molar-refractivity contribution in [1.29, 1.82) is 0 Å². The number of aromatic nitrogens is 2. The Morgan fingerprint density at radius 3 is 3.20 bits per heavy atom. The van der Waals surface area contributed by atoms with Gasteiger partial charge in [-0.05, 0) is 6.42 Å². The smallest absolute Gasteiger partial charge is 0.0864 e. The first-order chi connectivity index (χ1) is 7.31. The van der Waals surface area contributed by atoms with E-state index >= 15 is 0 Å². The van der Waals surface area contributed by atoms with E-state index in [-0.39, 0.29) is 6.10 Å². The number of hydrogen-bond donors (Lipinski definition) is 1. The summed E-state index contributed by atoms with van der Waals surface area (Å²) in [5.41, 5.74) is 6.31. The van der Waals surface area contributed by atoms with E-state index in [1.807, 2.05) is 10.9 Å². The van der Waals surface area contributed by atoms with Crippen molar-refractivity contribution in [1.82, 2.24) is 9.78 Å². The number of nitrogen functional groups attached to an aromatic ring is 1. The molecule has 0 radical (unpaired) electrons. The Morgan fingerprint density at radius 1 is 1.53 bits per heavy atom. The quantitative estimate of drug-likeness (QED) is 0.759. The zero-order valence-corrected chi connectivity index (χ0v) is 8.50. The summed E-state index contributed by atoms with van der Waals surface area (Å²) < 4.78 is 13.1. The lowest BCUT2D eigenvalue weighted by molar-refractivity contribution is 0.0110. The molecule has 0 aromatic carbocycles. The minimum absolute atomic E-state index is 0.267. The highest BCUT2D eigenvalue weighted by atomic mass is 16.6. The molecule has 5 heteroatoms. The molecule has 2 aliphatic heterocycles. The molecule has 3 unspecified atom stereocenters. The Bertz CT molecular complexity index is 340. The van der Waals surface area contributed by atoms with Crippen LogP contribution in [0.2, 0.25) is 0 Å². The molecule has 0 bridgehead atoms. The average Bonchev–Trinajstić information content (AvgIpc) is 2.81. The monoisotopic (exact) mass is 209 g/mol. The first-order valence-corrected chi connectivity index (χ1v) is 5.32. The number of rotatable bonds is 2. The number of hydrogen-bond acceptors (Lipinski definition) is 4. The fourth-order valence-corrected chi connectivity index (χ4v) is 2.40. The van der Waals surface area contributed by atoms with Crippen LogP contribution in [-0.2, 0) is 16.0 Å². The second-order valence-electron chi connectivity index (χ2n) is 4.33. The summed E-state index contributed by atoms with van der Waals surface area (Å²) in [6, 6.07) is 0. The van der Waals surface area contributed by atoms with E-state index in [0.29, 0.717) is 17.7 Å². The maximum Gasteiger partial charge on any atom is 0.0864 e. The van der Waals surface area contributed by atoms with E-state index in [2.05, 4.69) is 5.10 Å². The van der Waals surface area contributed by atoms with Gasteiger partial charge in [-0.1, -0.05) is 0 Å². The van der Waals surface area contributed by atoms with Crippen LogP contribution in [0.3, 0.4) is 0 Å². The van der Waals surface area contributed by atoms with Gasteiger partial charge in [0.15, 0.2) is 0 Å². The number of nitrogens with zero attached hydrogens (tertiary/aromatic N) is 2. The minimum Gasteiger partial charge on any atom is -0.396 e. The van der Waals surface area contributed by atoms with E-state index in [1.165, 1.54) is 0 Å². The van der Waals surface area contributed by atoms with Gasteiger partial charge in [-0.15, -0.1) is 0 Å². The molecule has 0 amide bonds. The Labute approximate surface area is 88.1 Å². The Morgan fingerprint density at radius 2 is 2.47 bits per heavy atom. The van der Waals surface area contributed by atoms with Crippen LogP contribution in [-0.4, -0.2) is 35.2 Å². The highest BCUT2D eigenvalue weighted by molar-refractivity contribution is 5.30. The molecule has 2 N–H and O–H groups in total. The average molecular weight is 209 g/mol. The van der Waals surface area contributed by atoms with Crippen molar-refractivity contribution in [3.63, 3.8) is 0 Å². The highest BCUT2D eigenvalue weighted by Crippen LogP contribution is 2.31. The molecule has 1 aromatic heterocycles. The van der Waals surface area contributed by atoms with E-state index in [1.54, 1.807) is 6.20 Å². The van der Waals surface area contributed by atoms with Gasteiger partial charge in [-0.3, -0.25) is 4.68 Å². The maximum absolute atomic E-state index is 5.87. The molecule has 82 valence electrons. The van der Waals surface area contributed by atoms with E-state index < -0.39 is 0 Å². The summed E-state index contributed by atoms with van der Waals surface area (Å²) in [6.45, 7) is 2.40. The SMILES string of the molecule is Nc1cnn(CC2CC3COCC3O2)c1. The molecule has 2 aliphatic rings. The van der Waals surface area contributed by atoms with Crippen LogP contribution < -0.4 is 5.73 Å². The van der Waals surface area contributed by atoms with E-state index in [4.69, 9.17) is 15.2 Å².